The van der Waals surface area contributed by atoms with Crippen molar-refractivity contribution in [1.29, 1.82) is 0 Å². The highest BCUT2D eigenvalue weighted by atomic mass is 32.1. The van der Waals surface area contributed by atoms with Crippen molar-refractivity contribution in [1.82, 2.24) is 4.90 Å². The number of thiophene rings is 1. The van der Waals surface area contributed by atoms with Crippen molar-refractivity contribution in [2.45, 2.75) is 13.1 Å². The van der Waals surface area contributed by atoms with Crippen molar-refractivity contribution >= 4 is 17.2 Å². The van der Waals surface area contributed by atoms with Crippen molar-refractivity contribution in [2.75, 3.05) is 6.61 Å². The van der Waals surface area contributed by atoms with Gasteiger partial charge in [-0.3, -0.25) is 4.79 Å². The number of halogens is 1. The minimum atomic E-state index is -0.342. The van der Waals surface area contributed by atoms with E-state index in [-0.39, 0.29) is 18.3 Å². The van der Waals surface area contributed by atoms with Crippen LogP contribution in [0.25, 0.3) is 0 Å². The quantitative estimate of drug-likeness (QED) is 0.648. The predicted molar refractivity (Wildman–Crippen MR) is 89.2 cm³/mol. The molecule has 6 heteroatoms. The largest absolute Gasteiger partial charge is 0.484 e. The zero-order valence-electron chi connectivity index (χ0n) is 12.9. The van der Waals surface area contributed by atoms with Gasteiger partial charge in [0.2, 0.25) is 0 Å². The molecule has 0 aliphatic rings. The minimum absolute atomic E-state index is 0.113. The topological polar surface area (TPSA) is 42.7 Å². The van der Waals surface area contributed by atoms with E-state index in [0.29, 0.717) is 24.6 Å². The van der Waals surface area contributed by atoms with Gasteiger partial charge in [0.05, 0.1) is 19.4 Å². The standard InChI is InChI=1S/C18H16FNO3S/c19-14-5-7-15(8-6-14)23-13-18(21)20(11-16-3-1-9-22-16)12-17-4-2-10-24-17/h1-10H,11-13H2. The van der Waals surface area contributed by atoms with E-state index in [9.17, 15) is 9.18 Å². The maximum absolute atomic E-state index is 12.9. The lowest BCUT2D eigenvalue weighted by Gasteiger charge is -2.21. The molecule has 1 amide bonds. The Labute approximate surface area is 143 Å². The number of hydrogen-bond donors (Lipinski definition) is 0. The molecular formula is C18H16FNO3S. The summed E-state index contributed by atoms with van der Waals surface area (Å²) in [5.74, 6) is 0.662. The van der Waals surface area contributed by atoms with Crippen LogP contribution in [0.2, 0.25) is 0 Å². The number of amides is 1. The number of carbonyl (C=O) groups is 1. The molecular weight excluding hydrogens is 329 g/mol. The molecule has 0 unspecified atom stereocenters. The van der Waals surface area contributed by atoms with Crippen LogP contribution in [0, 0.1) is 5.82 Å². The van der Waals surface area contributed by atoms with Crippen LogP contribution in [-0.4, -0.2) is 17.4 Å². The highest BCUT2D eigenvalue weighted by molar-refractivity contribution is 7.09. The van der Waals surface area contributed by atoms with E-state index in [1.54, 1.807) is 28.6 Å². The van der Waals surface area contributed by atoms with Crippen LogP contribution in [0.4, 0.5) is 4.39 Å². The fourth-order valence-corrected chi connectivity index (χ4v) is 2.90. The van der Waals surface area contributed by atoms with Gasteiger partial charge in [0, 0.05) is 4.88 Å². The van der Waals surface area contributed by atoms with Crippen molar-refractivity contribution in [2.24, 2.45) is 0 Å². The molecule has 0 aliphatic carbocycles. The molecule has 124 valence electrons. The van der Waals surface area contributed by atoms with Crippen LogP contribution in [0.3, 0.4) is 0 Å². The number of ether oxygens (including phenoxy) is 1. The Balaban J connectivity index is 1.64. The van der Waals surface area contributed by atoms with E-state index in [0.717, 1.165) is 4.88 Å². The third-order valence-electron chi connectivity index (χ3n) is 3.38. The first-order valence-corrected chi connectivity index (χ1v) is 8.29. The van der Waals surface area contributed by atoms with Crippen LogP contribution < -0.4 is 4.74 Å². The Kier molecular flexibility index (Phi) is 5.28. The first-order valence-electron chi connectivity index (χ1n) is 7.41. The maximum Gasteiger partial charge on any atom is 0.261 e. The Hall–Kier alpha value is -2.60. The number of nitrogens with zero attached hydrogens (tertiary/aromatic N) is 1. The van der Waals surface area contributed by atoms with E-state index >= 15 is 0 Å². The molecule has 2 heterocycles. The zero-order chi connectivity index (χ0) is 16.8. The van der Waals surface area contributed by atoms with Gasteiger partial charge in [-0.05, 0) is 47.8 Å². The summed E-state index contributed by atoms with van der Waals surface area (Å²) in [5, 5.41) is 1.97. The fraction of sp³-hybridized carbons (Fsp3) is 0.167. The second kappa shape index (κ2) is 7.79. The minimum Gasteiger partial charge on any atom is -0.484 e. The summed E-state index contributed by atoms with van der Waals surface area (Å²) in [6.07, 6.45) is 1.58. The van der Waals surface area contributed by atoms with E-state index < -0.39 is 0 Å². The highest BCUT2D eigenvalue weighted by Crippen LogP contribution is 2.16. The molecule has 3 rings (SSSR count). The Bertz CT molecular complexity index is 718. The lowest BCUT2D eigenvalue weighted by atomic mass is 10.3. The SMILES string of the molecule is O=C(COc1ccc(F)cc1)N(Cc1ccco1)Cc1cccs1. The van der Waals surface area contributed by atoms with Crippen LogP contribution in [-0.2, 0) is 17.9 Å². The lowest BCUT2D eigenvalue weighted by Crippen LogP contribution is -2.33. The van der Waals surface area contributed by atoms with E-state index in [1.807, 2.05) is 23.6 Å². The maximum atomic E-state index is 12.9. The average Bonchev–Trinajstić information content (AvgIpc) is 3.27. The molecule has 24 heavy (non-hydrogen) atoms. The molecule has 0 radical (unpaired) electrons. The molecule has 2 aromatic heterocycles. The van der Waals surface area contributed by atoms with Crippen molar-refractivity contribution in [3.8, 4) is 5.75 Å². The zero-order valence-corrected chi connectivity index (χ0v) is 13.7. The molecule has 0 saturated carbocycles. The van der Waals surface area contributed by atoms with Crippen molar-refractivity contribution in [3.63, 3.8) is 0 Å². The molecule has 0 fully saturated rings. The molecule has 0 N–H and O–H groups in total. The normalized spacial score (nSPS) is 10.5. The smallest absolute Gasteiger partial charge is 0.261 e. The summed E-state index contributed by atoms with van der Waals surface area (Å²) < 4.78 is 23.7. The van der Waals surface area contributed by atoms with Gasteiger partial charge in [-0.15, -0.1) is 11.3 Å². The molecule has 0 spiro atoms. The van der Waals surface area contributed by atoms with E-state index in [4.69, 9.17) is 9.15 Å². The summed E-state index contributed by atoms with van der Waals surface area (Å²) in [6, 6.07) is 13.1. The van der Waals surface area contributed by atoms with Gasteiger partial charge in [-0.1, -0.05) is 6.07 Å². The average molecular weight is 345 g/mol. The summed E-state index contributed by atoms with van der Waals surface area (Å²) in [4.78, 5) is 15.3. The summed E-state index contributed by atoms with van der Waals surface area (Å²) in [6.45, 7) is 0.748. The molecule has 1 aromatic carbocycles. The predicted octanol–water partition coefficient (Wildman–Crippen LogP) is 4.09. The molecule has 0 atom stereocenters. The summed E-state index contributed by atoms with van der Waals surface area (Å²) in [5.41, 5.74) is 0. The molecule has 0 aliphatic heterocycles. The number of hydrogen-bond acceptors (Lipinski definition) is 4. The third-order valence-corrected chi connectivity index (χ3v) is 4.24. The van der Waals surface area contributed by atoms with Crippen molar-refractivity contribution in [3.05, 3.63) is 76.6 Å². The molecule has 4 nitrogen and oxygen atoms in total. The van der Waals surface area contributed by atoms with E-state index in [2.05, 4.69) is 0 Å². The molecule has 0 bridgehead atoms. The monoisotopic (exact) mass is 345 g/mol. The summed E-state index contributed by atoms with van der Waals surface area (Å²) >= 11 is 1.59. The summed E-state index contributed by atoms with van der Waals surface area (Å²) in [7, 11) is 0. The number of benzene rings is 1. The van der Waals surface area contributed by atoms with Gasteiger partial charge in [-0.2, -0.15) is 0 Å². The Morgan fingerprint density at radius 1 is 1.12 bits per heavy atom. The van der Waals surface area contributed by atoms with Crippen molar-refractivity contribution < 1.29 is 18.3 Å². The van der Waals surface area contributed by atoms with Gasteiger partial charge in [0.25, 0.3) is 5.91 Å². The first-order chi connectivity index (χ1) is 11.7. The van der Waals surface area contributed by atoms with Gasteiger partial charge in [0.1, 0.15) is 17.3 Å². The van der Waals surface area contributed by atoms with Gasteiger partial charge in [0.15, 0.2) is 6.61 Å². The molecule has 0 saturated heterocycles. The van der Waals surface area contributed by atoms with Crippen LogP contribution >= 0.6 is 11.3 Å². The first kappa shape index (κ1) is 16.3. The van der Waals surface area contributed by atoms with Gasteiger partial charge < -0.3 is 14.1 Å². The highest BCUT2D eigenvalue weighted by Gasteiger charge is 2.17. The Morgan fingerprint density at radius 3 is 2.62 bits per heavy atom. The second-order valence-electron chi connectivity index (χ2n) is 5.15. The molecule has 3 aromatic rings. The van der Waals surface area contributed by atoms with Gasteiger partial charge in [-0.25, -0.2) is 4.39 Å². The number of rotatable bonds is 7. The lowest BCUT2D eigenvalue weighted by molar-refractivity contribution is -0.134. The van der Waals surface area contributed by atoms with Crippen LogP contribution in [0.1, 0.15) is 10.6 Å². The van der Waals surface area contributed by atoms with Crippen LogP contribution in [0.5, 0.6) is 5.75 Å². The van der Waals surface area contributed by atoms with Crippen LogP contribution in [0.15, 0.2) is 64.6 Å². The third kappa shape index (κ3) is 4.45. The Morgan fingerprint density at radius 2 is 1.96 bits per heavy atom. The fourth-order valence-electron chi connectivity index (χ4n) is 2.18. The number of furan rings is 1. The second-order valence-corrected chi connectivity index (χ2v) is 6.18. The number of carbonyl (C=O) groups excluding carboxylic acids is 1. The van der Waals surface area contributed by atoms with E-state index in [1.165, 1.54) is 24.3 Å². The van der Waals surface area contributed by atoms with Gasteiger partial charge >= 0.3 is 0 Å².